The second-order valence-electron chi connectivity index (χ2n) is 5.19. The molecule has 2 nitrogen and oxygen atoms in total. The average molecular weight is 312 g/mol. The summed E-state index contributed by atoms with van der Waals surface area (Å²) in [6.45, 7) is 7.43. The van der Waals surface area contributed by atoms with Crippen LogP contribution in [0.2, 0.25) is 0 Å². The van der Waals surface area contributed by atoms with Crippen LogP contribution in [0.5, 0.6) is 5.75 Å². The quantitative estimate of drug-likeness (QED) is 0.888. The molecule has 4 heteroatoms. The lowest BCUT2D eigenvalue weighted by molar-refractivity contribution is 0.339. The first-order chi connectivity index (χ1) is 9.65. The van der Waals surface area contributed by atoms with Crippen molar-refractivity contribution in [2.75, 3.05) is 19.4 Å². The Kier molecular flexibility index (Phi) is 6.12. The van der Waals surface area contributed by atoms with E-state index in [0.717, 1.165) is 17.6 Å². The van der Waals surface area contributed by atoms with Crippen molar-refractivity contribution in [3.63, 3.8) is 0 Å². The molecule has 0 radical (unpaired) electrons. The van der Waals surface area contributed by atoms with Crippen molar-refractivity contribution >= 4 is 23.5 Å². The van der Waals surface area contributed by atoms with Crippen LogP contribution in [0.15, 0.2) is 24.3 Å². The van der Waals surface area contributed by atoms with E-state index in [1.54, 1.807) is 0 Å². The second kappa shape index (κ2) is 7.62. The molecule has 1 saturated heterocycles. The summed E-state index contributed by atoms with van der Waals surface area (Å²) in [6.07, 6.45) is 0. The van der Waals surface area contributed by atoms with Crippen LogP contribution in [-0.4, -0.2) is 35.2 Å². The lowest BCUT2D eigenvalue weighted by Gasteiger charge is -2.36. The van der Waals surface area contributed by atoms with Gasteiger partial charge in [-0.05, 0) is 31.7 Å². The van der Waals surface area contributed by atoms with Crippen LogP contribution in [0, 0.1) is 0 Å². The Balaban J connectivity index is 2.13. The Bertz CT molecular complexity index is 427. The largest absolute Gasteiger partial charge is 0.494 e. The van der Waals surface area contributed by atoms with Crippen molar-refractivity contribution in [2.45, 2.75) is 42.6 Å². The highest BCUT2D eigenvalue weighted by molar-refractivity contribution is 8.07. The minimum atomic E-state index is 0.392. The average Bonchev–Trinajstić information content (AvgIpc) is 2.44. The van der Waals surface area contributed by atoms with Gasteiger partial charge in [-0.25, -0.2) is 0 Å². The summed E-state index contributed by atoms with van der Waals surface area (Å²) in [6, 6.07) is 8.91. The number of benzene rings is 1. The zero-order chi connectivity index (χ0) is 14.5. The van der Waals surface area contributed by atoms with Crippen molar-refractivity contribution in [1.29, 1.82) is 0 Å². The van der Waals surface area contributed by atoms with E-state index in [0.29, 0.717) is 16.5 Å². The van der Waals surface area contributed by atoms with Gasteiger partial charge in [-0.3, -0.25) is 0 Å². The molecule has 0 spiro atoms. The third kappa shape index (κ3) is 3.86. The Morgan fingerprint density at radius 3 is 2.80 bits per heavy atom. The third-order valence-electron chi connectivity index (χ3n) is 3.78. The van der Waals surface area contributed by atoms with Gasteiger partial charge in [0.15, 0.2) is 0 Å². The van der Waals surface area contributed by atoms with E-state index in [1.165, 1.54) is 11.3 Å². The molecule has 0 saturated carbocycles. The number of rotatable bonds is 5. The van der Waals surface area contributed by atoms with Gasteiger partial charge >= 0.3 is 0 Å². The van der Waals surface area contributed by atoms with Crippen LogP contribution in [0.4, 0.5) is 0 Å². The van der Waals surface area contributed by atoms with Crippen molar-refractivity contribution < 1.29 is 4.74 Å². The molecular weight excluding hydrogens is 286 g/mol. The maximum Gasteiger partial charge on any atom is 0.119 e. The lowest BCUT2D eigenvalue weighted by Crippen LogP contribution is -2.35. The molecule has 1 heterocycles. The predicted octanol–water partition coefficient (Wildman–Crippen LogP) is 3.97. The molecule has 1 aromatic rings. The molecule has 0 aromatic heterocycles. The van der Waals surface area contributed by atoms with Crippen LogP contribution < -0.4 is 10.1 Å². The Labute approximate surface area is 131 Å². The van der Waals surface area contributed by atoms with Crippen molar-refractivity contribution in [1.82, 2.24) is 5.32 Å². The highest BCUT2D eigenvalue weighted by Gasteiger charge is 2.31. The van der Waals surface area contributed by atoms with E-state index in [2.05, 4.69) is 67.9 Å². The molecule has 20 heavy (non-hydrogen) atoms. The number of hydrogen-bond acceptors (Lipinski definition) is 4. The number of hydrogen-bond donors (Lipinski definition) is 1. The van der Waals surface area contributed by atoms with Gasteiger partial charge in [0, 0.05) is 27.5 Å². The maximum absolute atomic E-state index is 5.63. The van der Waals surface area contributed by atoms with Crippen molar-refractivity contribution in [3.8, 4) is 5.75 Å². The van der Waals surface area contributed by atoms with E-state index in [4.69, 9.17) is 4.74 Å². The number of ether oxygens (including phenoxy) is 1. The molecule has 2 rings (SSSR count). The molecule has 0 bridgehead atoms. The number of nitrogens with one attached hydrogen (secondary N) is 1. The molecule has 112 valence electrons. The van der Waals surface area contributed by atoms with Crippen molar-refractivity contribution in [2.24, 2.45) is 0 Å². The Morgan fingerprint density at radius 1 is 1.35 bits per heavy atom. The Hall–Kier alpha value is -0.320. The first kappa shape index (κ1) is 16.1. The number of thioether (sulfide) groups is 2. The first-order valence-corrected chi connectivity index (χ1v) is 9.32. The van der Waals surface area contributed by atoms with E-state index in [1.807, 2.05) is 13.0 Å². The third-order valence-corrected chi connectivity index (χ3v) is 7.28. The van der Waals surface area contributed by atoms with E-state index >= 15 is 0 Å². The fraction of sp³-hybridized carbons (Fsp3) is 0.625. The molecule has 4 unspecified atom stereocenters. The minimum absolute atomic E-state index is 0.392. The van der Waals surface area contributed by atoms with Gasteiger partial charge in [-0.15, -0.1) is 0 Å². The molecule has 1 aliphatic heterocycles. The fourth-order valence-electron chi connectivity index (χ4n) is 2.51. The molecule has 1 N–H and O–H groups in total. The summed E-state index contributed by atoms with van der Waals surface area (Å²) in [5.74, 6) is 2.18. The first-order valence-electron chi connectivity index (χ1n) is 7.32. The molecular formula is C16H25NOS2. The molecule has 1 aromatic carbocycles. The van der Waals surface area contributed by atoms with E-state index in [9.17, 15) is 0 Å². The summed E-state index contributed by atoms with van der Waals surface area (Å²) >= 11 is 4.21. The van der Waals surface area contributed by atoms with Crippen LogP contribution in [0.3, 0.4) is 0 Å². The van der Waals surface area contributed by atoms with Crippen LogP contribution in [0.25, 0.3) is 0 Å². The fourth-order valence-corrected chi connectivity index (χ4v) is 5.67. The van der Waals surface area contributed by atoms with Gasteiger partial charge in [0.05, 0.1) is 6.61 Å². The highest BCUT2D eigenvalue weighted by atomic mass is 32.2. The zero-order valence-corrected chi connectivity index (χ0v) is 14.4. The monoisotopic (exact) mass is 311 g/mol. The van der Waals surface area contributed by atoms with Crippen molar-refractivity contribution in [3.05, 3.63) is 29.8 Å². The SMILES string of the molecule is CCOc1cccc(C(NC)C2CSC(C)C(C)S2)c1. The van der Waals surface area contributed by atoms with Gasteiger partial charge < -0.3 is 10.1 Å². The summed E-state index contributed by atoms with van der Waals surface area (Å²) in [7, 11) is 2.06. The minimum Gasteiger partial charge on any atom is -0.494 e. The molecule has 1 fully saturated rings. The van der Waals surface area contributed by atoms with Crippen LogP contribution in [0.1, 0.15) is 32.4 Å². The molecule has 4 atom stereocenters. The smallest absolute Gasteiger partial charge is 0.119 e. The van der Waals surface area contributed by atoms with E-state index in [-0.39, 0.29) is 0 Å². The maximum atomic E-state index is 5.63. The van der Waals surface area contributed by atoms with Gasteiger partial charge in [0.1, 0.15) is 5.75 Å². The predicted molar refractivity (Wildman–Crippen MR) is 92.2 cm³/mol. The zero-order valence-electron chi connectivity index (χ0n) is 12.8. The Morgan fingerprint density at radius 2 is 2.15 bits per heavy atom. The molecule has 0 aliphatic carbocycles. The summed E-state index contributed by atoms with van der Waals surface area (Å²) in [4.78, 5) is 0. The van der Waals surface area contributed by atoms with Gasteiger partial charge in [-0.2, -0.15) is 23.5 Å². The van der Waals surface area contributed by atoms with E-state index < -0.39 is 0 Å². The topological polar surface area (TPSA) is 21.3 Å². The van der Waals surface area contributed by atoms with Gasteiger partial charge in [0.25, 0.3) is 0 Å². The lowest BCUT2D eigenvalue weighted by atomic mass is 10.0. The summed E-state index contributed by atoms with van der Waals surface area (Å²) in [5.41, 5.74) is 1.33. The second-order valence-corrected chi connectivity index (χ2v) is 8.22. The normalized spacial score (nSPS) is 28.1. The summed E-state index contributed by atoms with van der Waals surface area (Å²) in [5, 5.41) is 5.59. The molecule has 0 amide bonds. The van der Waals surface area contributed by atoms with Gasteiger partial charge in [-0.1, -0.05) is 26.0 Å². The highest BCUT2D eigenvalue weighted by Crippen LogP contribution is 2.41. The van der Waals surface area contributed by atoms with Crippen LogP contribution >= 0.6 is 23.5 Å². The standard InChI is InChI=1S/C16H25NOS2/c1-5-18-14-8-6-7-13(9-14)16(17-4)15-10-19-11(2)12(3)20-15/h6-9,11-12,15-17H,5,10H2,1-4H3. The van der Waals surface area contributed by atoms with Gasteiger partial charge in [0.2, 0.25) is 0 Å². The molecule has 1 aliphatic rings. The van der Waals surface area contributed by atoms with Crippen LogP contribution in [-0.2, 0) is 0 Å². The summed E-state index contributed by atoms with van der Waals surface area (Å²) < 4.78 is 5.63.